The summed E-state index contributed by atoms with van der Waals surface area (Å²) in [5.74, 6) is -1.05. The number of nitrogens with zero attached hydrogens (tertiary/aromatic N) is 1. The third-order valence-corrected chi connectivity index (χ3v) is 7.09. The molecule has 0 saturated carbocycles. The molecule has 4 rings (SSSR count). The third kappa shape index (κ3) is 6.88. The molecule has 206 valence electrons. The van der Waals surface area contributed by atoms with Gasteiger partial charge >= 0.3 is 5.97 Å². The van der Waals surface area contributed by atoms with Crippen molar-refractivity contribution in [3.8, 4) is 11.3 Å². The Bertz CT molecular complexity index is 1510. The molecule has 2 aromatic carbocycles. The van der Waals surface area contributed by atoms with Crippen molar-refractivity contribution in [3.05, 3.63) is 81.4 Å². The molecule has 1 aliphatic rings. The largest absolute Gasteiger partial charge is 0.462 e. The lowest BCUT2D eigenvalue weighted by Crippen LogP contribution is -2.36. The van der Waals surface area contributed by atoms with Crippen molar-refractivity contribution in [1.29, 1.82) is 0 Å². The van der Waals surface area contributed by atoms with Gasteiger partial charge in [-0.2, -0.15) is 0 Å². The Hall–Kier alpha value is -4.15. The van der Waals surface area contributed by atoms with Crippen LogP contribution in [0.3, 0.4) is 0 Å². The Kier molecular flexibility index (Phi) is 9.23. The Balaban J connectivity index is 1.40. The summed E-state index contributed by atoms with van der Waals surface area (Å²) in [7, 11) is 0. The molecular formula is C29H25ClN2O7S. The number of imide groups is 1. The summed E-state index contributed by atoms with van der Waals surface area (Å²) in [4.78, 5) is 62.8. The number of halogens is 1. The van der Waals surface area contributed by atoms with Crippen molar-refractivity contribution < 1.29 is 33.1 Å². The number of amides is 3. The average molecular weight is 581 g/mol. The van der Waals surface area contributed by atoms with Gasteiger partial charge in [0, 0.05) is 22.9 Å². The Morgan fingerprint density at radius 2 is 1.82 bits per heavy atom. The molecule has 1 fully saturated rings. The van der Waals surface area contributed by atoms with Crippen molar-refractivity contribution in [2.75, 3.05) is 18.5 Å². The first kappa shape index (κ1) is 28.8. The third-order valence-electron chi connectivity index (χ3n) is 5.85. The molecule has 3 amide bonds. The lowest BCUT2D eigenvalue weighted by Gasteiger charge is -2.13. The summed E-state index contributed by atoms with van der Waals surface area (Å²) in [6.45, 7) is 3.18. The monoisotopic (exact) mass is 580 g/mol. The molecular weight excluding hydrogens is 556 g/mol. The van der Waals surface area contributed by atoms with E-state index >= 15 is 0 Å². The lowest BCUT2D eigenvalue weighted by atomic mass is 10.1. The minimum atomic E-state index is -0.634. The molecule has 1 aliphatic heterocycles. The zero-order chi connectivity index (χ0) is 28.8. The number of anilines is 1. The smallest absolute Gasteiger partial charge is 0.339 e. The highest BCUT2D eigenvalue weighted by Crippen LogP contribution is 2.33. The van der Waals surface area contributed by atoms with Gasteiger partial charge in [0.15, 0.2) is 5.78 Å². The highest BCUT2D eigenvalue weighted by atomic mass is 35.5. The maximum absolute atomic E-state index is 12.9. The normalized spacial score (nSPS) is 14.1. The van der Waals surface area contributed by atoms with E-state index < -0.39 is 29.6 Å². The first-order chi connectivity index (χ1) is 19.2. The molecule has 0 radical (unpaired) electrons. The second kappa shape index (κ2) is 12.8. The summed E-state index contributed by atoms with van der Waals surface area (Å²) >= 11 is 6.81. The Morgan fingerprint density at radius 1 is 1.07 bits per heavy atom. The predicted molar refractivity (Wildman–Crippen MR) is 152 cm³/mol. The van der Waals surface area contributed by atoms with Gasteiger partial charge in [0.2, 0.25) is 5.91 Å². The van der Waals surface area contributed by atoms with E-state index in [-0.39, 0.29) is 33.6 Å². The van der Waals surface area contributed by atoms with Crippen molar-refractivity contribution in [2.24, 2.45) is 0 Å². The average Bonchev–Trinajstić information content (AvgIpc) is 3.50. The number of hydrogen-bond donors (Lipinski definition) is 1. The number of carbonyl (C=O) groups is 5. The number of carbonyl (C=O) groups excluding carboxylic acids is 5. The van der Waals surface area contributed by atoms with Crippen LogP contribution in [0, 0.1) is 0 Å². The molecule has 2 heterocycles. The van der Waals surface area contributed by atoms with Crippen LogP contribution in [0.15, 0.2) is 63.9 Å². The SMILES string of the molecule is CCCCOC(=O)c1cc(NC(=O)CN2C(=O)S/C(=C/c3ccc(-c4ccc(C(C)=O)cc4)o3)C2=O)ccc1Cl. The summed E-state index contributed by atoms with van der Waals surface area (Å²) in [5.41, 5.74) is 1.68. The number of benzene rings is 2. The van der Waals surface area contributed by atoms with Crippen LogP contribution in [0.5, 0.6) is 0 Å². The number of ketones is 1. The molecule has 0 aliphatic carbocycles. The van der Waals surface area contributed by atoms with Crippen molar-refractivity contribution >= 4 is 63.9 Å². The van der Waals surface area contributed by atoms with Crippen LogP contribution >= 0.6 is 23.4 Å². The molecule has 1 saturated heterocycles. The topological polar surface area (TPSA) is 123 Å². The summed E-state index contributed by atoms with van der Waals surface area (Å²) in [6, 6.07) is 14.6. The van der Waals surface area contributed by atoms with Crippen LogP contribution in [-0.2, 0) is 14.3 Å². The number of furan rings is 1. The number of nitrogens with one attached hydrogen (secondary N) is 1. The molecule has 0 unspecified atom stereocenters. The molecule has 40 heavy (non-hydrogen) atoms. The number of esters is 1. The number of Topliss-reactive ketones (excluding diaryl/α,β-unsaturated/α-hetero) is 1. The van der Waals surface area contributed by atoms with E-state index in [0.717, 1.165) is 16.9 Å². The Labute approximate surface area is 239 Å². The molecule has 1 aromatic heterocycles. The van der Waals surface area contributed by atoms with Gasteiger partial charge < -0.3 is 14.5 Å². The van der Waals surface area contributed by atoms with E-state index in [1.807, 2.05) is 6.92 Å². The zero-order valence-electron chi connectivity index (χ0n) is 21.7. The summed E-state index contributed by atoms with van der Waals surface area (Å²) in [6.07, 6.45) is 3.01. The highest BCUT2D eigenvalue weighted by Gasteiger charge is 2.36. The van der Waals surface area contributed by atoms with Gasteiger partial charge in [0.25, 0.3) is 11.1 Å². The minimum absolute atomic E-state index is 0.0449. The second-order valence-electron chi connectivity index (χ2n) is 8.84. The zero-order valence-corrected chi connectivity index (χ0v) is 23.3. The fourth-order valence-corrected chi connectivity index (χ4v) is 4.72. The Morgan fingerprint density at radius 3 is 2.52 bits per heavy atom. The maximum Gasteiger partial charge on any atom is 0.339 e. The molecule has 0 atom stereocenters. The molecule has 1 N–H and O–H groups in total. The quantitative estimate of drug-likeness (QED) is 0.126. The van der Waals surface area contributed by atoms with E-state index in [0.29, 0.717) is 35.3 Å². The molecule has 0 bridgehead atoms. The van der Waals surface area contributed by atoms with Gasteiger partial charge in [-0.15, -0.1) is 0 Å². The summed E-state index contributed by atoms with van der Waals surface area (Å²) in [5, 5.41) is 2.15. The van der Waals surface area contributed by atoms with E-state index in [9.17, 15) is 24.0 Å². The number of ether oxygens (including phenoxy) is 1. The lowest BCUT2D eigenvalue weighted by molar-refractivity contribution is -0.127. The van der Waals surface area contributed by atoms with Crippen LogP contribution in [0.2, 0.25) is 5.02 Å². The van der Waals surface area contributed by atoms with Gasteiger partial charge in [-0.1, -0.05) is 49.2 Å². The number of thioether (sulfide) groups is 1. The molecule has 0 spiro atoms. The first-order valence-electron chi connectivity index (χ1n) is 12.4. The van der Waals surface area contributed by atoms with Crippen molar-refractivity contribution in [1.82, 2.24) is 4.90 Å². The maximum atomic E-state index is 12.9. The number of unbranched alkanes of at least 4 members (excludes halogenated alkanes) is 1. The van der Waals surface area contributed by atoms with Crippen LogP contribution in [-0.4, -0.2) is 46.9 Å². The van der Waals surface area contributed by atoms with E-state index in [1.54, 1.807) is 36.4 Å². The first-order valence-corrected chi connectivity index (χ1v) is 13.6. The van der Waals surface area contributed by atoms with Crippen molar-refractivity contribution in [2.45, 2.75) is 26.7 Å². The summed E-state index contributed by atoms with van der Waals surface area (Å²) < 4.78 is 11.0. The van der Waals surface area contributed by atoms with Gasteiger partial charge in [0.05, 0.1) is 22.1 Å². The van der Waals surface area contributed by atoms with E-state index in [2.05, 4.69) is 5.32 Å². The van der Waals surface area contributed by atoms with Gasteiger partial charge in [-0.05, 0) is 55.4 Å². The molecule has 11 heteroatoms. The molecule has 3 aromatic rings. The van der Waals surface area contributed by atoms with Crippen LogP contribution < -0.4 is 5.32 Å². The van der Waals surface area contributed by atoms with Crippen molar-refractivity contribution in [3.63, 3.8) is 0 Å². The van der Waals surface area contributed by atoms with Crippen LogP contribution in [0.1, 0.15) is 53.2 Å². The van der Waals surface area contributed by atoms with Gasteiger partial charge in [0.1, 0.15) is 18.1 Å². The minimum Gasteiger partial charge on any atom is -0.462 e. The predicted octanol–water partition coefficient (Wildman–Crippen LogP) is 6.43. The van der Waals surface area contributed by atoms with E-state index in [1.165, 1.54) is 31.2 Å². The van der Waals surface area contributed by atoms with Crippen LogP contribution in [0.4, 0.5) is 10.5 Å². The van der Waals surface area contributed by atoms with E-state index in [4.69, 9.17) is 20.8 Å². The van der Waals surface area contributed by atoms with Gasteiger partial charge in [-0.25, -0.2) is 4.79 Å². The van der Waals surface area contributed by atoms with Gasteiger partial charge in [-0.3, -0.25) is 24.1 Å². The molecule has 9 nitrogen and oxygen atoms in total. The van der Waals surface area contributed by atoms with Crippen LogP contribution in [0.25, 0.3) is 17.4 Å². The number of hydrogen-bond acceptors (Lipinski definition) is 8. The second-order valence-corrected chi connectivity index (χ2v) is 10.2. The fraction of sp³-hybridized carbons (Fsp3) is 0.207. The number of rotatable bonds is 10. The fourth-order valence-electron chi connectivity index (χ4n) is 3.71. The standard InChI is InChI=1S/C29H25ClN2O7S/c1-3-4-13-38-28(36)22-14-20(9-11-23(22)30)31-26(34)16-32-27(35)25(40-29(32)37)15-21-10-12-24(39-21)19-7-5-18(6-8-19)17(2)33/h5-12,14-15H,3-4,13,16H2,1-2H3,(H,31,34)/b25-15+. The highest BCUT2D eigenvalue weighted by molar-refractivity contribution is 8.18.